The van der Waals surface area contributed by atoms with Gasteiger partial charge >= 0.3 is 0 Å². The Morgan fingerprint density at radius 1 is 1.57 bits per heavy atom. The number of anilines is 1. The average molecular weight is 291 g/mol. The van der Waals surface area contributed by atoms with Gasteiger partial charge < -0.3 is 15.8 Å². The number of piperidine rings is 1. The molecule has 1 aromatic rings. The first-order chi connectivity index (χ1) is 10.1. The van der Waals surface area contributed by atoms with E-state index < -0.39 is 0 Å². The number of rotatable bonds is 5. The van der Waals surface area contributed by atoms with Gasteiger partial charge in [-0.25, -0.2) is 0 Å². The molecule has 5 heteroatoms. The standard InChI is InChI=1S/C16H25N3O2/c1-12(17)13-5-4-8-19(10-13)11-16(20)18-14-6-3-7-15(9-14)21-2/h3,6-7,9,12-13H,4-5,8,10-11,17H2,1-2H3,(H,18,20). The van der Waals surface area contributed by atoms with Crippen LogP contribution >= 0.6 is 0 Å². The maximum Gasteiger partial charge on any atom is 0.238 e. The van der Waals surface area contributed by atoms with Crippen LogP contribution in [0.2, 0.25) is 0 Å². The Balaban J connectivity index is 1.86. The van der Waals surface area contributed by atoms with Gasteiger partial charge in [0.25, 0.3) is 0 Å². The lowest BCUT2D eigenvalue weighted by Crippen LogP contribution is -2.45. The summed E-state index contributed by atoms with van der Waals surface area (Å²) in [4.78, 5) is 14.3. The summed E-state index contributed by atoms with van der Waals surface area (Å²) >= 11 is 0. The van der Waals surface area contributed by atoms with Gasteiger partial charge in [-0.15, -0.1) is 0 Å². The first-order valence-corrected chi connectivity index (χ1v) is 7.50. The van der Waals surface area contributed by atoms with Crippen molar-refractivity contribution in [2.24, 2.45) is 11.7 Å². The summed E-state index contributed by atoms with van der Waals surface area (Å²) in [7, 11) is 1.61. The van der Waals surface area contributed by atoms with Crippen molar-refractivity contribution in [3.05, 3.63) is 24.3 Å². The molecule has 1 aliphatic heterocycles. The van der Waals surface area contributed by atoms with Gasteiger partial charge in [0.2, 0.25) is 5.91 Å². The van der Waals surface area contributed by atoms with Crippen LogP contribution < -0.4 is 15.8 Å². The lowest BCUT2D eigenvalue weighted by atomic mass is 9.92. The molecule has 0 aromatic heterocycles. The zero-order chi connectivity index (χ0) is 15.2. The predicted molar refractivity (Wildman–Crippen MR) is 84.4 cm³/mol. The molecule has 1 fully saturated rings. The van der Waals surface area contributed by atoms with Crippen LogP contribution in [0.5, 0.6) is 5.75 Å². The molecule has 2 atom stereocenters. The molecule has 2 rings (SSSR count). The fourth-order valence-corrected chi connectivity index (χ4v) is 2.77. The third-order valence-electron chi connectivity index (χ3n) is 4.01. The van der Waals surface area contributed by atoms with Gasteiger partial charge in [0.1, 0.15) is 5.75 Å². The van der Waals surface area contributed by atoms with Crippen LogP contribution in [0, 0.1) is 5.92 Å². The first-order valence-electron chi connectivity index (χ1n) is 7.50. The van der Waals surface area contributed by atoms with Gasteiger partial charge in [-0.3, -0.25) is 9.69 Å². The van der Waals surface area contributed by atoms with E-state index in [1.54, 1.807) is 7.11 Å². The second kappa shape index (κ2) is 7.43. The number of carbonyl (C=O) groups is 1. The number of nitrogens with two attached hydrogens (primary N) is 1. The van der Waals surface area contributed by atoms with Gasteiger partial charge in [-0.2, -0.15) is 0 Å². The lowest BCUT2D eigenvalue weighted by molar-refractivity contribution is -0.117. The largest absolute Gasteiger partial charge is 0.497 e. The van der Waals surface area contributed by atoms with Crippen molar-refractivity contribution in [2.45, 2.75) is 25.8 Å². The quantitative estimate of drug-likeness (QED) is 0.866. The van der Waals surface area contributed by atoms with Crippen molar-refractivity contribution in [3.8, 4) is 5.75 Å². The van der Waals surface area contributed by atoms with Crippen molar-refractivity contribution in [2.75, 3.05) is 32.1 Å². The molecule has 0 saturated carbocycles. The minimum absolute atomic E-state index is 0.00794. The minimum atomic E-state index is 0.00794. The van der Waals surface area contributed by atoms with Crippen LogP contribution in [-0.2, 0) is 4.79 Å². The van der Waals surface area contributed by atoms with E-state index in [0.717, 1.165) is 37.4 Å². The lowest BCUT2D eigenvalue weighted by Gasteiger charge is -2.34. The summed E-state index contributed by atoms with van der Waals surface area (Å²) in [5.41, 5.74) is 6.74. The van der Waals surface area contributed by atoms with Crippen LogP contribution in [0.25, 0.3) is 0 Å². The Bertz CT molecular complexity index is 476. The number of hydrogen-bond donors (Lipinski definition) is 2. The summed E-state index contributed by atoms with van der Waals surface area (Å²) in [6.07, 6.45) is 2.27. The number of amides is 1. The molecule has 21 heavy (non-hydrogen) atoms. The number of benzene rings is 1. The number of nitrogens with one attached hydrogen (secondary N) is 1. The van der Waals surface area contributed by atoms with E-state index in [9.17, 15) is 4.79 Å². The highest BCUT2D eigenvalue weighted by Crippen LogP contribution is 2.19. The van der Waals surface area contributed by atoms with Crippen LogP contribution in [-0.4, -0.2) is 43.6 Å². The molecule has 3 N–H and O–H groups in total. The molecule has 1 amide bonds. The van der Waals surface area contributed by atoms with Gasteiger partial charge in [-0.1, -0.05) is 6.07 Å². The summed E-state index contributed by atoms with van der Waals surface area (Å²) in [5, 5.41) is 2.92. The minimum Gasteiger partial charge on any atom is -0.497 e. The fraction of sp³-hybridized carbons (Fsp3) is 0.562. The van der Waals surface area contributed by atoms with Gasteiger partial charge in [0.15, 0.2) is 0 Å². The Labute approximate surface area is 126 Å². The molecule has 1 aromatic carbocycles. The normalized spacial score (nSPS) is 20.8. The molecule has 0 bridgehead atoms. The van der Waals surface area contributed by atoms with Crippen LogP contribution in [0.3, 0.4) is 0 Å². The monoisotopic (exact) mass is 291 g/mol. The SMILES string of the molecule is COc1cccc(NC(=O)CN2CCCC(C(C)N)C2)c1. The van der Waals surface area contributed by atoms with Gasteiger partial charge in [0.05, 0.1) is 13.7 Å². The van der Waals surface area contributed by atoms with E-state index in [1.807, 2.05) is 31.2 Å². The Morgan fingerprint density at radius 2 is 2.38 bits per heavy atom. The van der Waals surface area contributed by atoms with E-state index >= 15 is 0 Å². The van der Waals surface area contributed by atoms with Crippen molar-refractivity contribution in [1.29, 1.82) is 0 Å². The third-order valence-corrected chi connectivity index (χ3v) is 4.01. The van der Waals surface area contributed by atoms with Gasteiger partial charge in [-0.05, 0) is 44.4 Å². The first kappa shape index (κ1) is 15.8. The molecular formula is C16H25N3O2. The van der Waals surface area contributed by atoms with E-state index in [-0.39, 0.29) is 11.9 Å². The van der Waals surface area contributed by atoms with E-state index in [1.165, 1.54) is 0 Å². The number of hydrogen-bond acceptors (Lipinski definition) is 4. The van der Waals surface area contributed by atoms with E-state index in [4.69, 9.17) is 10.5 Å². The highest BCUT2D eigenvalue weighted by Gasteiger charge is 2.23. The van der Waals surface area contributed by atoms with E-state index in [0.29, 0.717) is 12.5 Å². The second-order valence-electron chi connectivity index (χ2n) is 5.78. The number of nitrogens with zero attached hydrogens (tertiary/aromatic N) is 1. The number of likely N-dealkylation sites (tertiary alicyclic amines) is 1. The Kier molecular flexibility index (Phi) is 5.59. The van der Waals surface area contributed by atoms with Crippen LogP contribution in [0.15, 0.2) is 24.3 Å². The number of methoxy groups -OCH3 is 1. The molecule has 5 nitrogen and oxygen atoms in total. The fourth-order valence-electron chi connectivity index (χ4n) is 2.77. The molecule has 0 aliphatic carbocycles. The molecule has 2 unspecified atom stereocenters. The second-order valence-corrected chi connectivity index (χ2v) is 5.78. The van der Waals surface area contributed by atoms with Gasteiger partial charge in [0, 0.05) is 24.3 Å². The van der Waals surface area contributed by atoms with Crippen LogP contribution in [0.1, 0.15) is 19.8 Å². The summed E-state index contributed by atoms with van der Waals surface area (Å²) < 4.78 is 5.15. The zero-order valence-electron chi connectivity index (χ0n) is 12.8. The summed E-state index contributed by atoms with van der Waals surface area (Å²) in [6.45, 7) is 4.34. The molecule has 116 valence electrons. The van der Waals surface area contributed by atoms with Crippen molar-refractivity contribution in [1.82, 2.24) is 4.90 Å². The summed E-state index contributed by atoms with van der Waals surface area (Å²) in [5.74, 6) is 1.24. The van der Waals surface area contributed by atoms with Crippen molar-refractivity contribution in [3.63, 3.8) is 0 Å². The summed E-state index contributed by atoms with van der Waals surface area (Å²) in [6, 6.07) is 7.59. The number of ether oxygens (including phenoxy) is 1. The maximum atomic E-state index is 12.1. The molecule has 1 saturated heterocycles. The molecular weight excluding hydrogens is 266 g/mol. The molecule has 0 spiro atoms. The smallest absolute Gasteiger partial charge is 0.238 e. The number of carbonyl (C=O) groups excluding carboxylic acids is 1. The molecule has 1 aliphatic rings. The maximum absolute atomic E-state index is 12.1. The molecule has 1 heterocycles. The van der Waals surface area contributed by atoms with E-state index in [2.05, 4.69) is 10.2 Å². The predicted octanol–water partition coefficient (Wildman–Crippen LogP) is 1.69. The topological polar surface area (TPSA) is 67.6 Å². The Hall–Kier alpha value is -1.59. The highest BCUT2D eigenvalue weighted by atomic mass is 16.5. The molecule has 0 radical (unpaired) electrons. The zero-order valence-corrected chi connectivity index (χ0v) is 12.8. The average Bonchev–Trinajstić information content (AvgIpc) is 2.47. The highest BCUT2D eigenvalue weighted by molar-refractivity contribution is 5.92. The third kappa shape index (κ3) is 4.72. The van der Waals surface area contributed by atoms with Crippen molar-refractivity contribution >= 4 is 11.6 Å². The van der Waals surface area contributed by atoms with Crippen LogP contribution in [0.4, 0.5) is 5.69 Å². The Morgan fingerprint density at radius 3 is 3.10 bits per heavy atom. The van der Waals surface area contributed by atoms with Crippen molar-refractivity contribution < 1.29 is 9.53 Å².